The van der Waals surface area contributed by atoms with Crippen molar-refractivity contribution < 1.29 is 19.2 Å². The molecule has 2 aromatic carbocycles. The number of hydrogen-bond donors (Lipinski definition) is 2. The standard InChI is InChI=1S/C21H26ClN3O3/c1-4-24-9-11-25(12-10-24)18-7-6-16(14-17(18)22)23-21(26)15-5-8-19(27-2)20(13-15)28-3/h5-8,13-14H,4,9-12H2,1-3H3,(H,23,26)/p+1. The fourth-order valence-corrected chi connectivity index (χ4v) is 3.74. The highest BCUT2D eigenvalue weighted by Gasteiger charge is 2.20. The van der Waals surface area contributed by atoms with Gasteiger partial charge in [-0.15, -0.1) is 0 Å². The molecule has 2 aromatic rings. The summed E-state index contributed by atoms with van der Waals surface area (Å²) in [6.07, 6.45) is 0. The van der Waals surface area contributed by atoms with Crippen molar-refractivity contribution in [3.8, 4) is 11.5 Å². The van der Waals surface area contributed by atoms with Gasteiger partial charge in [-0.25, -0.2) is 0 Å². The van der Waals surface area contributed by atoms with Gasteiger partial charge in [-0.05, 0) is 43.3 Å². The molecule has 150 valence electrons. The van der Waals surface area contributed by atoms with Gasteiger partial charge in [0, 0.05) is 11.3 Å². The van der Waals surface area contributed by atoms with E-state index in [0.717, 1.165) is 38.4 Å². The largest absolute Gasteiger partial charge is 0.493 e. The summed E-state index contributed by atoms with van der Waals surface area (Å²) < 4.78 is 10.5. The molecule has 0 aliphatic carbocycles. The number of piperazine rings is 1. The number of quaternary nitrogens is 1. The van der Waals surface area contributed by atoms with E-state index in [2.05, 4.69) is 17.1 Å². The number of halogens is 1. The molecule has 2 N–H and O–H groups in total. The number of nitrogens with one attached hydrogen (secondary N) is 2. The SMILES string of the molecule is CC[NH+]1CCN(c2ccc(NC(=O)c3ccc(OC)c(OC)c3)cc2Cl)CC1. The highest BCUT2D eigenvalue weighted by molar-refractivity contribution is 6.33. The Morgan fingerprint density at radius 3 is 2.43 bits per heavy atom. The molecule has 1 fully saturated rings. The van der Waals surface area contributed by atoms with E-state index >= 15 is 0 Å². The van der Waals surface area contributed by atoms with Gasteiger partial charge in [-0.1, -0.05) is 11.6 Å². The molecule has 1 aliphatic rings. The molecule has 0 atom stereocenters. The van der Waals surface area contributed by atoms with Crippen molar-refractivity contribution in [2.75, 3.05) is 57.2 Å². The lowest BCUT2D eigenvalue weighted by Crippen LogP contribution is -3.14. The first-order chi connectivity index (χ1) is 13.5. The van der Waals surface area contributed by atoms with Crippen molar-refractivity contribution in [2.45, 2.75) is 6.92 Å². The molecule has 1 saturated heterocycles. The van der Waals surface area contributed by atoms with Gasteiger partial charge in [0.05, 0.1) is 57.7 Å². The maximum absolute atomic E-state index is 12.6. The van der Waals surface area contributed by atoms with E-state index in [1.165, 1.54) is 0 Å². The fraction of sp³-hybridized carbons (Fsp3) is 0.381. The van der Waals surface area contributed by atoms with E-state index < -0.39 is 0 Å². The maximum atomic E-state index is 12.6. The molecule has 28 heavy (non-hydrogen) atoms. The Hall–Kier alpha value is -2.44. The highest BCUT2D eigenvalue weighted by atomic mass is 35.5. The van der Waals surface area contributed by atoms with Crippen molar-refractivity contribution in [1.82, 2.24) is 0 Å². The lowest BCUT2D eigenvalue weighted by molar-refractivity contribution is -0.898. The third kappa shape index (κ3) is 4.51. The Morgan fingerprint density at radius 1 is 1.11 bits per heavy atom. The van der Waals surface area contributed by atoms with Crippen molar-refractivity contribution in [1.29, 1.82) is 0 Å². The number of likely N-dealkylation sites (N-methyl/N-ethyl adjacent to an activating group) is 1. The van der Waals surface area contributed by atoms with Gasteiger partial charge < -0.3 is 24.6 Å². The third-order valence-electron chi connectivity index (χ3n) is 5.16. The minimum absolute atomic E-state index is 0.232. The molecule has 1 amide bonds. The first kappa shape index (κ1) is 20.3. The van der Waals surface area contributed by atoms with E-state index in [4.69, 9.17) is 21.1 Å². The van der Waals surface area contributed by atoms with Crippen LogP contribution in [0.2, 0.25) is 5.02 Å². The van der Waals surface area contributed by atoms with Gasteiger partial charge >= 0.3 is 0 Å². The van der Waals surface area contributed by atoms with Gasteiger partial charge in [0.2, 0.25) is 0 Å². The zero-order valence-corrected chi connectivity index (χ0v) is 17.3. The van der Waals surface area contributed by atoms with Gasteiger partial charge in [0.1, 0.15) is 0 Å². The van der Waals surface area contributed by atoms with Gasteiger partial charge in [0.25, 0.3) is 5.91 Å². The second kappa shape index (κ2) is 9.17. The van der Waals surface area contributed by atoms with Crippen LogP contribution < -0.4 is 24.6 Å². The fourth-order valence-electron chi connectivity index (χ4n) is 3.44. The molecule has 7 heteroatoms. The summed E-state index contributed by atoms with van der Waals surface area (Å²) >= 11 is 6.51. The Balaban J connectivity index is 1.70. The summed E-state index contributed by atoms with van der Waals surface area (Å²) in [4.78, 5) is 16.5. The molecule has 0 unspecified atom stereocenters. The number of ether oxygens (including phenoxy) is 2. The van der Waals surface area contributed by atoms with Crippen LogP contribution in [0.4, 0.5) is 11.4 Å². The van der Waals surface area contributed by atoms with E-state index in [1.54, 1.807) is 43.4 Å². The van der Waals surface area contributed by atoms with Crippen LogP contribution in [-0.4, -0.2) is 52.9 Å². The summed E-state index contributed by atoms with van der Waals surface area (Å²) in [5, 5.41) is 3.54. The minimum atomic E-state index is -0.232. The van der Waals surface area contributed by atoms with Gasteiger partial charge in [0.15, 0.2) is 11.5 Å². The average molecular weight is 405 g/mol. The van der Waals surface area contributed by atoms with Crippen molar-refractivity contribution in [3.05, 3.63) is 47.0 Å². The average Bonchev–Trinajstić information content (AvgIpc) is 2.73. The number of rotatable bonds is 6. The molecule has 0 radical (unpaired) electrons. The van der Waals surface area contributed by atoms with Crippen LogP contribution in [0.1, 0.15) is 17.3 Å². The number of amides is 1. The second-order valence-electron chi connectivity index (χ2n) is 6.78. The lowest BCUT2D eigenvalue weighted by atomic mass is 10.1. The lowest BCUT2D eigenvalue weighted by Gasteiger charge is -2.33. The molecule has 0 bridgehead atoms. The Morgan fingerprint density at radius 2 is 1.82 bits per heavy atom. The van der Waals surface area contributed by atoms with Crippen LogP contribution in [-0.2, 0) is 0 Å². The zero-order chi connectivity index (χ0) is 20.1. The Bertz CT molecular complexity index is 836. The molecule has 0 spiro atoms. The molecular weight excluding hydrogens is 378 g/mol. The maximum Gasteiger partial charge on any atom is 0.255 e. The van der Waals surface area contributed by atoms with E-state index in [1.807, 2.05) is 12.1 Å². The molecule has 0 saturated carbocycles. The molecule has 3 rings (SSSR count). The highest BCUT2D eigenvalue weighted by Crippen LogP contribution is 2.30. The van der Waals surface area contributed by atoms with Crippen LogP contribution in [0, 0.1) is 0 Å². The predicted molar refractivity (Wildman–Crippen MR) is 112 cm³/mol. The van der Waals surface area contributed by atoms with Crippen LogP contribution in [0.5, 0.6) is 11.5 Å². The molecular formula is C21H27ClN3O3+. The molecule has 0 aromatic heterocycles. The van der Waals surface area contributed by atoms with Crippen LogP contribution in [0.15, 0.2) is 36.4 Å². The summed E-state index contributed by atoms with van der Waals surface area (Å²) in [7, 11) is 3.10. The van der Waals surface area contributed by atoms with Crippen molar-refractivity contribution in [3.63, 3.8) is 0 Å². The second-order valence-corrected chi connectivity index (χ2v) is 7.19. The quantitative estimate of drug-likeness (QED) is 0.776. The number of hydrogen-bond acceptors (Lipinski definition) is 4. The van der Waals surface area contributed by atoms with E-state index in [9.17, 15) is 4.79 Å². The number of nitrogens with zero attached hydrogens (tertiary/aromatic N) is 1. The topological polar surface area (TPSA) is 55.2 Å². The van der Waals surface area contributed by atoms with Crippen LogP contribution >= 0.6 is 11.6 Å². The number of anilines is 2. The molecule has 1 heterocycles. The minimum Gasteiger partial charge on any atom is -0.493 e. The molecule has 6 nitrogen and oxygen atoms in total. The first-order valence-electron chi connectivity index (χ1n) is 9.47. The summed E-state index contributed by atoms with van der Waals surface area (Å²) in [5.74, 6) is 0.860. The summed E-state index contributed by atoms with van der Waals surface area (Å²) in [5.41, 5.74) is 2.16. The Kier molecular flexibility index (Phi) is 6.65. The predicted octanol–water partition coefficient (Wildman–Crippen LogP) is 2.33. The Labute approximate surface area is 171 Å². The number of benzene rings is 2. The number of methoxy groups -OCH3 is 2. The smallest absolute Gasteiger partial charge is 0.255 e. The zero-order valence-electron chi connectivity index (χ0n) is 16.5. The van der Waals surface area contributed by atoms with E-state index in [0.29, 0.717) is 27.8 Å². The van der Waals surface area contributed by atoms with E-state index in [-0.39, 0.29) is 5.91 Å². The summed E-state index contributed by atoms with van der Waals surface area (Å²) in [6.45, 7) is 7.58. The molecule has 1 aliphatic heterocycles. The normalized spacial score (nSPS) is 14.6. The first-order valence-corrected chi connectivity index (χ1v) is 9.85. The van der Waals surface area contributed by atoms with Crippen LogP contribution in [0.25, 0.3) is 0 Å². The van der Waals surface area contributed by atoms with Gasteiger partial charge in [-0.2, -0.15) is 0 Å². The summed E-state index contributed by atoms with van der Waals surface area (Å²) in [6, 6.07) is 10.7. The monoisotopic (exact) mass is 404 g/mol. The van der Waals surface area contributed by atoms with Gasteiger partial charge in [-0.3, -0.25) is 4.79 Å². The third-order valence-corrected chi connectivity index (χ3v) is 5.47. The van der Waals surface area contributed by atoms with Crippen LogP contribution in [0.3, 0.4) is 0 Å². The van der Waals surface area contributed by atoms with Crippen molar-refractivity contribution in [2.24, 2.45) is 0 Å². The van der Waals surface area contributed by atoms with Crippen molar-refractivity contribution >= 4 is 28.9 Å². The number of carbonyl (C=O) groups is 1. The number of carbonyl (C=O) groups excluding carboxylic acids is 1.